The second kappa shape index (κ2) is 4.19. The Morgan fingerprint density at radius 1 is 1.50 bits per heavy atom. The van der Waals surface area contributed by atoms with Crippen LogP contribution in [0.15, 0.2) is 22.7 Å². The Labute approximate surface area is 91.7 Å². The second-order valence-corrected chi connectivity index (χ2v) is 3.23. The van der Waals surface area contributed by atoms with Crippen molar-refractivity contribution in [2.75, 3.05) is 12.8 Å². The lowest BCUT2D eigenvalue weighted by Gasteiger charge is -1.99. The zero-order valence-corrected chi connectivity index (χ0v) is 8.67. The monoisotopic (exact) mass is 221 g/mol. The summed E-state index contributed by atoms with van der Waals surface area (Å²) in [5, 5.41) is 13.3. The Balaban J connectivity index is 2.35. The van der Waals surface area contributed by atoms with Crippen molar-refractivity contribution in [1.82, 2.24) is 10.1 Å². The fraction of sp³-hybridized carbons (Fsp3) is 0.200. The quantitative estimate of drug-likeness (QED) is 0.755. The van der Waals surface area contributed by atoms with Crippen LogP contribution in [0.4, 0.5) is 5.69 Å². The van der Waals surface area contributed by atoms with Crippen molar-refractivity contribution in [3.8, 4) is 17.2 Å². The van der Waals surface area contributed by atoms with E-state index in [4.69, 9.17) is 15.0 Å². The van der Waals surface area contributed by atoms with Gasteiger partial charge in [0.05, 0.1) is 5.56 Å². The van der Waals surface area contributed by atoms with Gasteiger partial charge in [-0.15, -0.1) is 0 Å². The maximum absolute atomic E-state index is 9.64. The molecule has 16 heavy (non-hydrogen) atoms. The molecule has 0 amide bonds. The molecule has 1 aromatic carbocycles. The summed E-state index contributed by atoms with van der Waals surface area (Å²) in [6.45, 7) is 0.263. The van der Waals surface area contributed by atoms with E-state index in [0.717, 1.165) is 0 Å². The summed E-state index contributed by atoms with van der Waals surface area (Å²) in [6.07, 6.45) is 0. The Bertz CT molecular complexity index is 496. The fourth-order valence-electron chi connectivity index (χ4n) is 1.28. The molecule has 1 heterocycles. The molecule has 2 aromatic rings. The third kappa shape index (κ3) is 1.96. The van der Waals surface area contributed by atoms with Crippen molar-refractivity contribution in [2.45, 2.75) is 6.61 Å². The lowest BCUT2D eigenvalue weighted by atomic mass is 10.2. The van der Waals surface area contributed by atoms with E-state index in [2.05, 4.69) is 10.1 Å². The normalized spacial score (nSPS) is 10.6. The number of phenolic OH excluding ortho intramolecular Hbond substituents is 1. The largest absolute Gasteiger partial charge is 0.507 e. The highest BCUT2D eigenvalue weighted by Crippen LogP contribution is 2.29. The molecule has 0 aliphatic heterocycles. The lowest BCUT2D eigenvalue weighted by molar-refractivity contribution is 0.174. The highest BCUT2D eigenvalue weighted by atomic mass is 16.5. The van der Waals surface area contributed by atoms with Crippen LogP contribution >= 0.6 is 0 Å². The molecular formula is C10H11N3O3. The van der Waals surface area contributed by atoms with Crippen LogP contribution in [0.3, 0.4) is 0 Å². The third-order valence-electron chi connectivity index (χ3n) is 1.99. The van der Waals surface area contributed by atoms with Gasteiger partial charge in [0.25, 0.3) is 5.89 Å². The van der Waals surface area contributed by atoms with Gasteiger partial charge in [-0.05, 0) is 12.1 Å². The number of rotatable bonds is 3. The van der Waals surface area contributed by atoms with Crippen molar-refractivity contribution in [3.05, 3.63) is 24.0 Å². The Morgan fingerprint density at radius 2 is 2.31 bits per heavy atom. The maximum atomic E-state index is 9.64. The molecule has 0 bridgehead atoms. The Morgan fingerprint density at radius 3 is 3.00 bits per heavy atom. The van der Waals surface area contributed by atoms with Crippen LogP contribution < -0.4 is 5.73 Å². The molecule has 0 saturated heterocycles. The molecule has 0 atom stereocenters. The van der Waals surface area contributed by atoms with Gasteiger partial charge >= 0.3 is 0 Å². The Kier molecular flexibility index (Phi) is 2.74. The van der Waals surface area contributed by atoms with Gasteiger partial charge in [0.15, 0.2) is 5.82 Å². The molecule has 0 unspecified atom stereocenters. The molecule has 0 radical (unpaired) electrons. The zero-order valence-electron chi connectivity index (χ0n) is 8.67. The lowest BCUT2D eigenvalue weighted by Crippen LogP contribution is -1.90. The first-order chi connectivity index (χ1) is 7.70. The zero-order chi connectivity index (χ0) is 11.5. The van der Waals surface area contributed by atoms with Crippen LogP contribution in [-0.2, 0) is 11.3 Å². The predicted molar refractivity (Wildman–Crippen MR) is 56.5 cm³/mol. The van der Waals surface area contributed by atoms with E-state index >= 15 is 0 Å². The van der Waals surface area contributed by atoms with E-state index in [-0.39, 0.29) is 18.2 Å². The van der Waals surface area contributed by atoms with Gasteiger partial charge in [-0.3, -0.25) is 0 Å². The number of aromatic nitrogens is 2. The molecule has 0 aliphatic carbocycles. The van der Waals surface area contributed by atoms with Crippen molar-refractivity contribution in [2.24, 2.45) is 0 Å². The minimum absolute atomic E-state index is 0.00705. The van der Waals surface area contributed by atoms with Crippen molar-refractivity contribution in [1.29, 1.82) is 0 Å². The smallest absolute Gasteiger partial charge is 0.261 e. The van der Waals surface area contributed by atoms with E-state index in [1.54, 1.807) is 12.1 Å². The van der Waals surface area contributed by atoms with Crippen molar-refractivity contribution < 1.29 is 14.4 Å². The third-order valence-corrected chi connectivity index (χ3v) is 1.99. The van der Waals surface area contributed by atoms with Gasteiger partial charge in [0.2, 0.25) is 0 Å². The second-order valence-electron chi connectivity index (χ2n) is 3.23. The SMILES string of the molecule is COCc1noc(-c2ccc(N)cc2O)n1. The minimum Gasteiger partial charge on any atom is -0.507 e. The van der Waals surface area contributed by atoms with Crippen LogP contribution in [0.1, 0.15) is 5.82 Å². The van der Waals surface area contributed by atoms with Crippen LogP contribution in [0.2, 0.25) is 0 Å². The summed E-state index contributed by atoms with van der Waals surface area (Å²) in [6, 6.07) is 4.69. The van der Waals surface area contributed by atoms with E-state index < -0.39 is 0 Å². The summed E-state index contributed by atoms with van der Waals surface area (Å²) >= 11 is 0. The van der Waals surface area contributed by atoms with Gasteiger partial charge < -0.3 is 20.1 Å². The number of nitrogen functional groups attached to an aromatic ring is 1. The van der Waals surface area contributed by atoms with Crippen LogP contribution in [-0.4, -0.2) is 22.4 Å². The highest BCUT2D eigenvalue weighted by molar-refractivity contribution is 5.66. The van der Waals surface area contributed by atoms with Crippen molar-refractivity contribution >= 4 is 5.69 Å². The molecule has 0 aliphatic rings. The molecule has 6 heteroatoms. The average Bonchev–Trinajstić information content (AvgIpc) is 2.67. The average molecular weight is 221 g/mol. The first-order valence-electron chi connectivity index (χ1n) is 4.61. The highest BCUT2D eigenvalue weighted by Gasteiger charge is 2.12. The number of aromatic hydroxyl groups is 1. The number of ether oxygens (including phenoxy) is 1. The molecule has 0 spiro atoms. The number of hydrogen-bond donors (Lipinski definition) is 2. The standard InChI is InChI=1S/C10H11N3O3/c1-15-5-9-12-10(16-13-9)7-3-2-6(11)4-8(7)14/h2-4,14H,5,11H2,1H3. The molecule has 2 rings (SSSR count). The summed E-state index contributed by atoms with van der Waals surface area (Å²) in [5.74, 6) is 0.672. The molecule has 0 saturated carbocycles. The number of nitrogens with zero attached hydrogens (tertiary/aromatic N) is 2. The Hall–Kier alpha value is -2.08. The number of methoxy groups -OCH3 is 1. The first kappa shape index (κ1) is 10.4. The summed E-state index contributed by atoms with van der Waals surface area (Å²) in [4.78, 5) is 4.06. The van der Waals surface area contributed by atoms with Crippen LogP contribution in [0.5, 0.6) is 5.75 Å². The molecule has 3 N–H and O–H groups in total. The number of nitrogens with two attached hydrogens (primary N) is 1. The van der Waals surface area contributed by atoms with Gasteiger partial charge in [0.1, 0.15) is 12.4 Å². The van der Waals surface area contributed by atoms with E-state index in [1.807, 2.05) is 0 Å². The van der Waals surface area contributed by atoms with Gasteiger partial charge in [-0.2, -0.15) is 4.98 Å². The van der Waals surface area contributed by atoms with E-state index in [1.165, 1.54) is 13.2 Å². The van der Waals surface area contributed by atoms with Crippen LogP contribution in [0.25, 0.3) is 11.5 Å². The van der Waals surface area contributed by atoms with E-state index in [0.29, 0.717) is 17.1 Å². The van der Waals surface area contributed by atoms with Gasteiger partial charge in [-0.25, -0.2) is 0 Å². The summed E-state index contributed by atoms with van der Waals surface area (Å²) in [7, 11) is 1.54. The summed E-state index contributed by atoms with van der Waals surface area (Å²) in [5.41, 5.74) is 6.43. The molecular weight excluding hydrogens is 210 g/mol. The maximum Gasteiger partial charge on any atom is 0.261 e. The van der Waals surface area contributed by atoms with Gasteiger partial charge in [0, 0.05) is 18.9 Å². The van der Waals surface area contributed by atoms with Crippen molar-refractivity contribution in [3.63, 3.8) is 0 Å². The summed E-state index contributed by atoms with van der Waals surface area (Å²) < 4.78 is 9.84. The topological polar surface area (TPSA) is 94.4 Å². The predicted octanol–water partition coefficient (Wildman–Crippen LogP) is 1.17. The fourth-order valence-corrected chi connectivity index (χ4v) is 1.28. The van der Waals surface area contributed by atoms with Gasteiger partial charge in [-0.1, -0.05) is 5.16 Å². The molecule has 84 valence electrons. The molecule has 6 nitrogen and oxygen atoms in total. The van der Waals surface area contributed by atoms with E-state index in [9.17, 15) is 5.11 Å². The molecule has 1 aromatic heterocycles. The number of anilines is 1. The molecule has 0 fully saturated rings. The number of hydrogen-bond acceptors (Lipinski definition) is 6. The minimum atomic E-state index is 0.00705. The van der Waals surface area contributed by atoms with Crippen LogP contribution in [0, 0.1) is 0 Å². The number of benzene rings is 1. The number of phenols is 1. The first-order valence-corrected chi connectivity index (χ1v) is 4.61.